The van der Waals surface area contributed by atoms with Gasteiger partial charge in [-0.2, -0.15) is 0 Å². The van der Waals surface area contributed by atoms with Crippen molar-refractivity contribution in [2.24, 2.45) is 5.92 Å². The van der Waals surface area contributed by atoms with Crippen LogP contribution >= 0.6 is 0 Å². The van der Waals surface area contributed by atoms with Gasteiger partial charge in [-0.3, -0.25) is 4.79 Å². The van der Waals surface area contributed by atoms with Gasteiger partial charge in [0.25, 0.3) is 0 Å². The van der Waals surface area contributed by atoms with Crippen LogP contribution in [0.4, 0.5) is 0 Å². The number of aromatic nitrogens is 3. The Kier molecular flexibility index (Phi) is 2.35. The van der Waals surface area contributed by atoms with Gasteiger partial charge in [-0.15, -0.1) is 10.2 Å². The zero-order valence-corrected chi connectivity index (χ0v) is 8.66. The Bertz CT molecular complexity index is 356. The minimum absolute atomic E-state index is 0.163. The Morgan fingerprint density at radius 2 is 2.36 bits per heavy atom. The van der Waals surface area contributed by atoms with Crippen LogP contribution in [0, 0.1) is 5.92 Å². The highest BCUT2D eigenvalue weighted by Gasteiger charge is 2.24. The molecule has 2 rings (SSSR count). The van der Waals surface area contributed by atoms with E-state index in [9.17, 15) is 4.79 Å². The van der Waals surface area contributed by atoms with Crippen molar-refractivity contribution in [3.8, 4) is 0 Å². The zero-order valence-electron chi connectivity index (χ0n) is 8.66. The van der Waals surface area contributed by atoms with E-state index in [0.717, 1.165) is 37.5 Å². The van der Waals surface area contributed by atoms with Gasteiger partial charge in [0.15, 0.2) is 0 Å². The van der Waals surface area contributed by atoms with Gasteiger partial charge in [0.05, 0.1) is 0 Å². The van der Waals surface area contributed by atoms with E-state index in [1.54, 1.807) is 6.92 Å². The van der Waals surface area contributed by atoms with Crippen molar-refractivity contribution in [3.63, 3.8) is 0 Å². The SMILES string of the molecule is CCc1nnc2n1CCC(C(C)=O)C2. The normalized spacial score (nSPS) is 20.6. The number of hydrogen-bond donors (Lipinski definition) is 0. The molecule has 1 aliphatic heterocycles. The Balaban J connectivity index is 2.24. The molecule has 1 unspecified atom stereocenters. The molecule has 2 heterocycles. The molecule has 0 N–H and O–H groups in total. The van der Waals surface area contributed by atoms with Gasteiger partial charge in [0, 0.05) is 25.3 Å². The minimum atomic E-state index is 0.163. The van der Waals surface area contributed by atoms with Gasteiger partial charge in [-0.1, -0.05) is 6.92 Å². The highest BCUT2D eigenvalue weighted by atomic mass is 16.1. The number of fused-ring (bicyclic) bond motifs is 1. The van der Waals surface area contributed by atoms with E-state index in [2.05, 4.69) is 21.7 Å². The lowest BCUT2D eigenvalue weighted by molar-refractivity contribution is -0.121. The van der Waals surface area contributed by atoms with Gasteiger partial charge < -0.3 is 4.57 Å². The Morgan fingerprint density at radius 3 is 3.00 bits per heavy atom. The molecule has 0 radical (unpaired) electrons. The summed E-state index contributed by atoms with van der Waals surface area (Å²) >= 11 is 0. The van der Waals surface area contributed by atoms with Gasteiger partial charge in [-0.25, -0.2) is 0 Å². The van der Waals surface area contributed by atoms with Crippen LogP contribution in [0.25, 0.3) is 0 Å². The third-order valence-corrected chi connectivity index (χ3v) is 2.93. The summed E-state index contributed by atoms with van der Waals surface area (Å²) in [5, 5.41) is 8.23. The average molecular weight is 193 g/mol. The molecule has 1 aromatic rings. The lowest BCUT2D eigenvalue weighted by Gasteiger charge is -2.21. The fraction of sp³-hybridized carbons (Fsp3) is 0.700. The van der Waals surface area contributed by atoms with Gasteiger partial charge in [0.1, 0.15) is 17.4 Å². The summed E-state index contributed by atoms with van der Waals surface area (Å²) in [6.07, 6.45) is 2.62. The summed E-state index contributed by atoms with van der Waals surface area (Å²) < 4.78 is 2.15. The molecule has 0 aromatic carbocycles. The number of carbonyl (C=O) groups is 1. The van der Waals surface area contributed by atoms with Crippen molar-refractivity contribution in [2.45, 2.75) is 39.7 Å². The molecule has 14 heavy (non-hydrogen) atoms. The summed E-state index contributed by atoms with van der Waals surface area (Å²) in [5.74, 6) is 2.46. The number of hydrogen-bond acceptors (Lipinski definition) is 3. The maximum atomic E-state index is 11.2. The largest absolute Gasteiger partial charge is 0.315 e. The maximum Gasteiger partial charge on any atom is 0.133 e. The summed E-state index contributed by atoms with van der Waals surface area (Å²) in [4.78, 5) is 11.2. The van der Waals surface area contributed by atoms with Crippen molar-refractivity contribution in [3.05, 3.63) is 11.6 Å². The molecular formula is C10H15N3O. The number of Topliss-reactive ketones (excluding diaryl/α,β-unsaturated/α-hetero) is 1. The molecule has 0 saturated carbocycles. The number of ketones is 1. The number of carbonyl (C=O) groups excluding carboxylic acids is 1. The molecular weight excluding hydrogens is 178 g/mol. The monoisotopic (exact) mass is 193 g/mol. The Hall–Kier alpha value is -1.19. The molecule has 1 aromatic heterocycles. The van der Waals surface area contributed by atoms with E-state index in [4.69, 9.17) is 0 Å². The van der Waals surface area contributed by atoms with E-state index in [1.165, 1.54) is 0 Å². The summed E-state index contributed by atoms with van der Waals surface area (Å²) in [7, 11) is 0. The van der Waals surface area contributed by atoms with Gasteiger partial charge in [0.2, 0.25) is 0 Å². The third kappa shape index (κ3) is 1.45. The van der Waals surface area contributed by atoms with Crippen LogP contribution in [0.2, 0.25) is 0 Å². The molecule has 1 atom stereocenters. The first-order chi connectivity index (χ1) is 6.72. The van der Waals surface area contributed by atoms with Crippen LogP contribution in [0.5, 0.6) is 0 Å². The van der Waals surface area contributed by atoms with Crippen molar-refractivity contribution in [2.75, 3.05) is 0 Å². The smallest absolute Gasteiger partial charge is 0.133 e. The molecule has 4 nitrogen and oxygen atoms in total. The summed E-state index contributed by atoms with van der Waals surface area (Å²) in [5.41, 5.74) is 0. The topological polar surface area (TPSA) is 47.8 Å². The fourth-order valence-corrected chi connectivity index (χ4v) is 2.00. The lowest BCUT2D eigenvalue weighted by Crippen LogP contribution is -2.25. The highest BCUT2D eigenvalue weighted by Crippen LogP contribution is 2.20. The van der Waals surface area contributed by atoms with E-state index in [-0.39, 0.29) is 11.7 Å². The zero-order chi connectivity index (χ0) is 10.1. The molecule has 0 amide bonds. The van der Waals surface area contributed by atoms with Crippen LogP contribution < -0.4 is 0 Å². The van der Waals surface area contributed by atoms with Gasteiger partial charge >= 0.3 is 0 Å². The van der Waals surface area contributed by atoms with Crippen molar-refractivity contribution in [1.29, 1.82) is 0 Å². The molecule has 0 bridgehead atoms. The summed E-state index contributed by atoms with van der Waals surface area (Å²) in [6.45, 7) is 4.64. The predicted octanol–water partition coefficient (Wildman–Crippen LogP) is 0.992. The number of aryl methyl sites for hydroxylation is 1. The van der Waals surface area contributed by atoms with Crippen LogP contribution in [-0.4, -0.2) is 20.5 Å². The van der Waals surface area contributed by atoms with Crippen molar-refractivity contribution in [1.82, 2.24) is 14.8 Å². The van der Waals surface area contributed by atoms with Gasteiger partial charge in [-0.05, 0) is 13.3 Å². The predicted molar refractivity (Wildman–Crippen MR) is 51.9 cm³/mol. The molecule has 0 spiro atoms. The molecule has 0 aliphatic carbocycles. The number of rotatable bonds is 2. The van der Waals surface area contributed by atoms with E-state index < -0.39 is 0 Å². The third-order valence-electron chi connectivity index (χ3n) is 2.93. The molecule has 1 aliphatic rings. The van der Waals surface area contributed by atoms with Crippen LogP contribution in [-0.2, 0) is 24.2 Å². The van der Waals surface area contributed by atoms with Crippen molar-refractivity contribution < 1.29 is 4.79 Å². The van der Waals surface area contributed by atoms with Crippen LogP contribution in [0.15, 0.2) is 0 Å². The molecule has 4 heteroatoms. The van der Waals surface area contributed by atoms with Crippen molar-refractivity contribution >= 4 is 5.78 Å². The summed E-state index contributed by atoms with van der Waals surface area (Å²) in [6, 6.07) is 0. The first-order valence-electron chi connectivity index (χ1n) is 5.13. The van der Waals surface area contributed by atoms with Crippen LogP contribution in [0.3, 0.4) is 0 Å². The van der Waals surface area contributed by atoms with Crippen LogP contribution in [0.1, 0.15) is 31.9 Å². The lowest BCUT2D eigenvalue weighted by atomic mass is 9.94. The fourth-order valence-electron chi connectivity index (χ4n) is 2.00. The Morgan fingerprint density at radius 1 is 1.57 bits per heavy atom. The number of nitrogens with zero attached hydrogens (tertiary/aromatic N) is 3. The first kappa shape index (κ1) is 9.37. The maximum absolute atomic E-state index is 11.2. The minimum Gasteiger partial charge on any atom is -0.315 e. The van der Waals surface area contributed by atoms with E-state index >= 15 is 0 Å². The van der Waals surface area contributed by atoms with E-state index in [0.29, 0.717) is 0 Å². The molecule has 0 saturated heterocycles. The molecule has 0 fully saturated rings. The molecule has 76 valence electrons. The van der Waals surface area contributed by atoms with E-state index in [1.807, 2.05) is 0 Å². The first-order valence-corrected chi connectivity index (χ1v) is 5.13. The average Bonchev–Trinajstić information content (AvgIpc) is 2.59. The quantitative estimate of drug-likeness (QED) is 0.703. The second-order valence-electron chi connectivity index (χ2n) is 3.84. The Labute approximate surface area is 83.3 Å². The second-order valence-corrected chi connectivity index (χ2v) is 3.84. The standard InChI is InChI=1S/C10H15N3O/c1-3-9-11-12-10-6-8(7(2)14)4-5-13(9)10/h8H,3-6H2,1-2H3. The second kappa shape index (κ2) is 3.52. The highest BCUT2D eigenvalue weighted by molar-refractivity contribution is 5.78.